The first-order valence-electron chi connectivity index (χ1n) is 9.61. The Balaban J connectivity index is 1.27. The van der Waals surface area contributed by atoms with Crippen molar-refractivity contribution in [2.45, 2.75) is 56.6 Å². The van der Waals surface area contributed by atoms with E-state index in [-0.39, 0.29) is 30.1 Å². The van der Waals surface area contributed by atoms with Crippen LogP contribution in [0.3, 0.4) is 0 Å². The molecule has 0 bridgehead atoms. The Morgan fingerprint density at radius 3 is 2.74 bits per heavy atom. The maximum atomic E-state index is 13.3. The fraction of sp³-hybridized carbons (Fsp3) is 0.550. The van der Waals surface area contributed by atoms with E-state index in [4.69, 9.17) is 4.84 Å². The second-order valence-electron chi connectivity index (χ2n) is 7.78. The summed E-state index contributed by atoms with van der Waals surface area (Å²) in [6.45, 7) is 1.11. The minimum Gasteiger partial charge on any atom is -0.388 e. The van der Waals surface area contributed by atoms with E-state index in [1.165, 1.54) is 12.1 Å². The lowest BCUT2D eigenvalue weighted by Crippen LogP contribution is -2.48. The number of carbonyl (C=O) groups is 2. The molecule has 7 heteroatoms. The topological polar surface area (TPSA) is 71.0 Å². The van der Waals surface area contributed by atoms with Crippen LogP contribution in [-0.2, 0) is 20.8 Å². The van der Waals surface area contributed by atoms with Crippen LogP contribution in [0.1, 0.15) is 44.1 Å². The normalized spacial score (nSPS) is 21.4. The molecule has 1 aromatic carbocycles. The van der Waals surface area contributed by atoms with Crippen LogP contribution in [0.15, 0.2) is 29.4 Å². The van der Waals surface area contributed by atoms with Gasteiger partial charge in [-0.25, -0.2) is 4.39 Å². The molecule has 1 aromatic rings. The number of oxime groups is 1. The summed E-state index contributed by atoms with van der Waals surface area (Å²) in [7, 11) is 0. The Kier molecular flexibility index (Phi) is 4.85. The van der Waals surface area contributed by atoms with Gasteiger partial charge in [0.05, 0.1) is 6.42 Å². The Hall–Kier alpha value is -2.44. The van der Waals surface area contributed by atoms with Gasteiger partial charge in [-0.1, -0.05) is 17.3 Å². The van der Waals surface area contributed by atoms with Gasteiger partial charge in [0, 0.05) is 38.4 Å². The van der Waals surface area contributed by atoms with Crippen LogP contribution in [0.2, 0.25) is 0 Å². The van der Waals surface area contributed by atoms with E-state index in [2.05, 4.69) is 10.5 Å². The molecule has 0 radical (unpaired) electrons. The minimum atomic E-state index is -0.470. The summed E-state index contributed by atoms with van der Waals surface area (Å²) in [4.78, 5) is 32.2. The zero-order valence-electron chi connectivity index (χ0n) is 15.2. The Labute approximate surface area is 157 Å². The highest BCUT2D eigenvalue weighted by molar-refractivity contribution is 6.39. The van der Waals surface area contributed by atoms with E-state index < -0.39 is 5.60 Å². The van der Waals surface area contributed by atoms with Gasteiger partial charge in [0.15, 0.2) is 0 Å². The standard InChI is InChI=1S/C20H24FN3O3/c21-15-4-1-3-14(11-15)12-18(25)24-9-7-20(8-10-24)13-17(23-27-20)19(26)22-16-5-2-6-16/h1,3-4,11,16H,2,5-10,12-13H2,(H,22,26). The van der Waals surface area contributed by atoms with Crippen LogP contribution in [0.5, 0.6) is 0 Å². The molecule has 27 heavy (non-hydrogen) atoms. The lowest BCUT2D eigenvalue weighted by Gasteiger charge is -2.37. The Morgan fingerprint density at radius 2 is 2.07 bits per heavy atom. The monoisotopic (exact) mass is 373 g/mol. The van der Waals surface area contributed by atoms with Crippen molar-refractivity contribution in [1.82, 2.24) is 10.2 Å². The highest BCUT2D eigenvalue weighted by Crippen LogP contribution is 2.35. The lowest BCUT2D eigenvalue weighted by atomic mass is 9.86. The summed E-state index contributed by atoms with van der Waals surface area (Å²) in [6, 6.07) is 6.41. The third kappa shape index (κ3) is 3.96. The van der Waals surface area contributed by atoms with E-state index in [0.717, 1.165) is 19.3 Å². The number of likely N-dealkylation sites (tertiary alicyclic amines) is 1. The number of hydrogen-bond acceptors (Lipinski definition) is 4. The summed E-state index contributed by atoms with van der Waals surface area (Å²) in [5, 5.41) is 7.03. The molecular formula is C20H24FN3O3. The first kappa shape index (κ1) is 17.9. The molecule has 3 aliphatic rings. The van der Waals surface area contributed by atoms with Gasteiger partial charge < -0.3 is 15.1 Å². The van der Waals surface area contributed by atoms with Gasteiger partial charge in [-0.15, -0.1) is 0 Å². The van der Waals surface area contributed by atoms with Crippen molar-refractivity contribution in [2.75, 3.05) is 13.1 Å². The van der Waals surface area contributed by atoms with Gasteiger partial charge >= 0.3 is 0 Å². The summed E-state index contributed by atoms with van der Waals surface area (Å²) in [5.74, 6) is -0.472. The molecule has 2 fully saturated rings. The van der Waals surface area contributed by atoms with Gasteiger partial charge in [-0.05, 0) is 37.0 Å². The number of piperidine rings is 1. The molecule has 2 amide bonds. The Morgan fingerprint density at radius 1 is 1.30 bits per heavy atom. The molecule has 1 saturated heterocycles. The van der Waals surface area contributed by atoms with Crippen molar-refractivity contribution in [3.63, 3.8) is 0 Å². The van der Waals surface area contributed by atoms with Crippen LogP contribution in [0.25, 0.3) is 0 Å². The van der Waals surface area contributed by atoms with Gasteiger partial charge in [0.1, 0.15) is 17.1 Å². The second kappa shape index (κ2) is 7.29. The maximum Gasteiger partial charge on any atom is 0.269 e. The molecule has 4 rings (SSSR count). The predicted molar refractivity (Wildman–Crippen MR) is 97.6 cm³/mol. The summed E-state index contributed by atoms with van der Waals surface area (Å²) < 4.78 is 13.3. The quantitative estimate of drug-likeness (QED) is 0.879. The average molecular weight is 373 g/mol. The zero-order chi connectivity index (χ0) is 18.9. The molecule has 1 N–H and O–H groups in total. The Bertz CT molecular complexity index is 767. The molecule has 6 nitrogen and oxygen atoms in total. The number of rotatable bonds is 4. The first-order valence-corrected chi connectivity index (χ1v) is 9.61. The number of hydrogen-bond donors (Lipinski definition) is 1. The number of halogens is 1. The molecule has 144 valence electrons. The van der Waals surface area contributed by atoms with E-state index in [0.29, 0.717) is 43.6 Å². The minimum absolute atomic E-state index is 0.0164. The molecule has 0 unspecified atom stereocenters. The second-order valence-corrected chi connectivity index (χ2v) is 7.78. The highest BCUT2D eigenvalue weighted by Gasteiger charge is 2.44. The van der Waals surface area contributed by atoms with Gasteiger partial charge in [-0.3, -0.25) is 9.59 Å². The summed E-state index contributed by atoms with van der Waals surface area (Å²) >= 11 is 0. The fourth-order valence-electron chi connectivity index (χ4n) is 3.83. The fourth-order valence-corrected chi connectivity index (χ4v) is 3.83. The van der Waals surface area contributed by atoms with E-state index in [1.807, 2.05) is 0 Å². The van der Waals surface area contributed by atoms with E-state index >= 15 is 0 Å². The van der Waals surface area contributed by atoms with Crippen LogP contribution in [0, 0.1) is 5.82 Å². The van der Waals surface area contributed by atoms with Crippen LogP contribution < -0.4 is 5.32 Å². The van der Waals surface area contributed by atoms with Crippen molar-refractivity contribution >= 4 is 17.5 Å². The molecule has 2 heterocycles. The van der Waals surface area contributed by atoms with E-state index in [9.17, 15) is 14.0 Å². The van der Waals surface area contributed by atoms with Crippen molar-refractivity contribution in [3.8, 4) is 0 Å². The first-order chi connectivity index (χ1) is 13.0. The number of carbonyl (C=O) groups excluding carboxylic acids is 2. The molecule has 1 aliphatic carbocycles. The average Bonchev–Trinajstić information content (AvgIpc) is 3.02. The molecule has 1 saturated carbocycles. The molecule has 0 aromatic heterocycles. The molecule has 0 atom stereocenters. The van der Waals surface area contributed by atoms with Crippen molar-refractivity contribution in [3.05, 3.63) is 35.6 Å². The number of nitrogens with one attached hydrogen (secondary N) is 1. The van der Waals surface area contributed by atoms with Crippen LogP contribution >= 0.6 is 0 Å². The highest BCUT2D eigenvalue weighted by atomic mass is 19.1. The number of amides is 2. The van der Waals surface area contributed by atoms with Gasteiger partial charge in [0.25, 0.3) is 5.91 Å². The van der Waals surface area contributed by atoms with E-state index in [1.54, 1.807) is 17.0 Å². The SMILES string of the molecule is O=C(NC1CCC1)C1=NOC2(CCN(C(=O)Cc3cccc(F)c3)CC2)C1. The van der Waals surface area contributed by atoms with Gasteiger partial charge in [-0.2, -0.15) is 0 Å². The van der Waals surface area contributed by atoms with Gasteiger partial charge in [0.2, 0.25) is 5.91 Å². The molecule has 1 spiro atoms. The van der Waals surface area contributed by atoms with Crippen LogP contribution in [0.4, 0.5) is 4.39 Å². The largest absolute Gasteiger partial charge is 0.388 e. The molecular weight excluding hydrogens is 349 g/mol. The maximum absolute atomic E-state index is 13.3. The van der Waals surface area contributed by atoms with Crippen LogP contribution in [-0.4, -0.2) is 47.2 Å². The summed E-state index contributed by atoms with van der Waals surface area (Å²) in [5.41, 5.74) is 0.666. The van der Waals surface area contributed by atoms with Crippen molar-refractivity contribution in [1.29, 1.82) is 0 Å². The third-order valence-corrected chi connectivity index (χ3v) is 5.81. The van der Waals surface area contributed by atoms with Crippen molar-refractivity contribution < 1.29 is 18.8 Å². The van der Waals surface area contributed by atoms with Crippen molar-refractivity contribution in [2.24, 2.45) is 5.16 Å². The molecule has 2 aliphatic heterocycles. The number of benzene rings is 1. The predicted octanol–water partition coefficient (Wildman–Crippen LogP) is 2.17. The smallest absolute Gasteiger partial charge is 0.269 e. The number of nitrogens with zero attached hydrogens (tertiary/aromatic N) is 2. The third-order valence-electron chi connectivity index (χ3n) is 5.81. The zero-order valence-corrected chi connectivity index (χ0v) is 15.2. The summed E-state index contributed by atoms with van der Waals surface area (Å²) in [6.07, 6.45) is 5.21. The lowest BCUT2D eigenvalue weighted by molar-refractivity contribution is -0.136.